The van der Waals surface area contributed by atoms with Crippen LogP contribution in [0.3, 0.4) is 0 Å². The van der Waals surface area contributed by atoms with Crippen molar-refractivity contribution >= 4 is 29.7 Å². The second-order valence-corrected chi connectivity index (χ2v) is 9.80. The second kappa shape index (κ2) is 11.9. The minimum absolute atomic E-state index is 0.0972. The van der Waals surface area contributed by atoms with E-state index < -0.39 is 48.4 Å². The fourth-order valence-corrected chi connectivity index (χ4v) is 4.86. The van der Waals surface area contributed by atoms with Crippen LogP contribution in [0.2, 0.25) is 0 Å². The highest BCUT2D eigenvalue weighted by atomic mass is 16.5. The number of nitrogen functional groups attached to an aromatic ring is 1. The zero-order chi connectivity index (χ0) is 29.7. The maximum atomic E-state index is 13.9. The van der Waals surface area contributed by atoms with E-state index in [9.17, 15) is 24.3 Å². The van der Waals surface area contributed by atoms with Gasteiger partial charge in [-0.05, 0) is 35.7 Å². The van der Waals surface area contributed by atoms with Gasteiger partial charge in [0.1, 0.15) is 23.7 Å². The molecule has 0 aromatic heterocycles. The van der Waals surface area contributed by atoms with E-state index in [-0.39, 0.29) is 12.4 Å². The van der Waals surface area contributed by atoms with E-state index in [1.807, 2.05) is 30.3 Å². The van der Waals surface area contributed by atoms with Crippen molar-refractivity contribution in [2.24, 2.45) is 5.73 Å². The minimum atomic E-state index is -1.46. The summed E-state index contributed by atoms with van der Waals surface area (Å²) in [6.07, 6.45) is -0.416. The predicted octanol–water partition coefficient (Wildman–Crippen LogP) is 2.99. The Kier molecular flexibility index (Phi) is 8.37. The van der Waals surface area contributed by atoms with Crippen LogP contribution in [0.1, 0.15) is 41.6 Å². The van der Waals surface area contributed by atoms with Gasteiger partial charge in [-0.15, -0.1) is 0 Å². The number of methoxy groups -OCH3 is 1. The zero-order valence-electron chi connectivity index (χ0n) is 22.7. The van der Waals surface area contributed by atoms with Crippen LogP contribution in [-0.4, -0.2) is 58.2 Å². The van der Waals surface area contributed by atoms with Crippen LogP contribution in [-0.2, 0) is 26.5 Å². The maximum absolute atomic E-state index is 13.9. The number of carboxylic acid groups (broad SMARTS) is 1. The molecule has 11 nitrogen and oxygen atoms in total. The Labute approximate surface area is 237 Å². The fourth-order valence-electron chi connectivity index (χ4n) is 4.86. The standard InChI is InChI=1S/C30H31N5O6/c1-30(22-13-11-20(12-14-22)27(31)32)28(39)34(29(40)35(30)17-19-7-4-3-5-8-19)18-25(36)33-24(16-26(37)38)21-9-6-10-23(15-21)41-2/h3-15,24H,16-18H2,1-2H3,(H3,31,32)(H,33,36)(H,37,38)/t24-,30-/m0/s1. The number of ether oxygens (including phenoxy) is 1. The maximum Gasteiger partial charge on any atom is 0.328 e. The molecule has 0 spiro atoms. The minimum Gasteiger partial charge on any atom is -0.497 e. The number of amides is 4. The third-order valence-electron chi connectivity index (χ3n) is 7.12. The van der Waals surface area contributed by atoms with Crippen LogP contribution < -0.4 is 15.8 Å². The van der Waals surface area contributed by atoms with Crippen molar-refractivity contribution in [3.8, 4) is 5.75 Å². The number of nitrogens with two attached hydrogens (primary N) is 1. The number of aliphatic carboxylic acids is 1. The summed E-state index contributed by atoms with van der Waals surface area (Å²) in [6, 6.07) is 20.7. The molecule has 3 aromatic rings. The Morgan fingerprint density at radius 3 is 2.34 bits per heavy atom. The Morgan fingerprint density at radius 2 is 1.73 bits per heavy atom. The number of imide groups is 1. The van der Waals surface area contributed by atoms with Gasteiger partial charge in [0.25, 0.3) is 5.91 Å². The van der Waals surface area contributed by atoms with Gasteiger partial charge < -0.3 is 25.8 Å². The van der Waals surface area contributed by atoms with E-state index in [0.29, 0.717) is 22.4 Å². The molecule has 1 fully saturated rings. The summed E-state index contributed by atoms with van der Waals surface area (Å²) in [5.74, 6) is -2.10. The van der Waals surface area contributed by atoms with Crippen LogP contribution >= 0.6 is 0 Å². The number of hydrogen-bond donors (Lipinski definition) is 4. The van der Waals surface area contributed by atoms with E-state index in [2.05, 4.69) is 5.32 Å². The highest BCUT2D eigenvalue weighted by molar-refractivity contribution is 6.09. The van der Waals surface area contributed by atoms with Gasteiger partial charge in [-0.3, -0.25) is 24.7 Å². The van der Waals surface area contributed by atoms with Crippen molar-refractivity contribution < 1.29 is 29.0 Å². The number of amidine groups is 1. The Hall–Kier alpha value is -5.19. The molecule has 2 atom stereocenters. The summed E-state index contributed by atoms with van der Waals surface area (Å²) >= 11 is 0. The summed E-state index contributed by atoms with van der Waals surface area (Å²) < 4.78 is 5.21. The molecule has 0 unspecified atom stereocenters. The molecule has 4 rings (SSSR count). The first-order valence-corrected chi connectivity index (χ1v) is 12.8. The first-order chi connectivity index (χ1) is 19.5. The first-order valence-electron chi connectivity index (χ1n) is 12.8. The molecule has 212 valence electrons. The molecule has 3 aromatic carbocycles. The molecule has 0 saturated carbocycles. The number of carbonyl (C=O) groups is 4. The lowest BCUT2D eigenvalue weighted by Crippen LogP contribution is -2.44. The molecule has 1 saturated heterocycles. The summed E-state index contributed by atoms with van der Waals surface area (Å²) in [7, 11) is 1.47. The molecule has 0 radical (unpaired) electrons. The second-order valence-electron chi connectivity index (χ2n) is 9.80. The molecule has 1 aliphatic rings. The van der Waals surface area contributed by atoms with Crippen molar-refractivity contribution in [1.29, 1.82) is 5.41 Å². The molecule has 1 aliphatic heterocycles. The number of nitrogens with one attached hydrogen (secondary N) is 2. The van der Waals surface area contributed by atoms with E-state index in [1.54, 1.807) is 55.5 Å². The van der Waals surface area contributed by atoms with Crippen LogP contribution in [0.5, 0.6) is 5.75 Å². The number of urea groups is 1. The van der Waals surface area contributed by atoms with Gasteiger partial charge in [0, 0.05) is 12.1 Å². The average molecular weight is 558 g/mol. The van der Waals surface area contributed by atoms with Gasteiger partial charge in [-0.25, -0.2) is 4.79 Å². The lowest BCUT2D eigenvalue weighted by molar-refractivity contribution is -0.139. The summed E-state index contributed by atoms with van der Waals surface area (Å²) in [4.78, 5) is 54.7. The average Bonchev–Trinajstić information content (AvgIpc) is 3.14. The highest BCUT2D eigenvalue weighted by Crippen LogP contribution is 2.38. The lowest BCUT2D eigenvalue weighted by atomic mass is 9.89. The van der Waals surface area contributed by atoms with E-state index in [4.69, 9.17) is 15.9 Å². The third-order valence-corrected chi connectivity index (χ3v) is 7.12. The molecule has 4 amide bonds. The van der Waals surface area contributed by atoms with E-state index in [0.717, 1.165) is 10.5 Å². The number of nitrogens with zero attached hydrogens (tertiary/aromatic N) is 2. The van der Waals surface area contributed by atoms with Crippen LogP contribution in [0.15, 0.2) is 78.9 Å². The predicted molar refractivity (Wildman–Crippen MR) is 150 cm³/mol. The number of carbonyl (C=O) groups excluding carboxylic acids is 3. The smallest absolute Gasteiger partial charge is 0.328 e. The van der Waals surface area contributed by atoms with Gasteiger partial charge in [-0.1, -0.05) is 66.7 Å². The Morgan fingerprint density at radius 1 is 1.05 bits per heavy atom. The number of hydrogen-bond acceptors (Lipinski definition) is 6. The number of carboxylic acids is 1. The summed E-state index contributed by atoms with van der Waals surface area (Å²) in [5.41, 5.74) is 6.36. The van der Waals surface area contributed by atoms with E-state index in [1.165, 1.54) is 12.0 Å². The van der Waals surface area contributed by atoms with Crippen LogP contribution in [0.4, 0.5) is 4.79 Å². The molecular weight excluding hydrogens is 526 g/mol. The van der Waals surface area contributed by atoms with Crippen molar-refractivity contribution in [2.45, 2.75) is 31.5 Å². The van der Waals surface area contributed by atoms with Gasteiger partial charge in [-0.2, -0.15) is 0 Å². The normalized spacial score (nSPS) is 17.3. The van der Waals surface area contributed by atoms with E-state index >= 15 is 0 Å². The van der Waals surface area contributed by atoms with Gasteiger partial charge >= 0.3 is 12.0 Å². The molecule has 11 heteroatoms. The summed E-state index contributed by atoms with van der Waals surface area (Å²) in [5, 5.41) is 19.8. The fraction of sp³-hybridized carbons (Fsp3) is 0.233. The van der Waals surface area contributed by atoms with Gasteiger partial charge in [0.05, 0.1) is 19.6 Å². The third kappa shape index (κ3) is 6.03. The van der Waals surface area contributed by atoms with Crippen molar-refractivity contribution in [3.05, 3.63) is 101 Å². The van der Waals surface area contributed by atoms with Crippen molar-refractivity contribution in [2.75, 3.05) is 13.7 Å². The monoisotopic (exact) mass is 557 g/mol. The zero-order valence-corrected chi connectivity index (χ0v) is 22.7. The number of rotatable bonds is 11. The van der Waals surface area contributed by atoms with Crippen LogP contribution in [0, 0.1) is 5.41 Å². The molecule has 5 N–H and O–H groups in total. The molecular formula is C30H31N5O6. The lowest BCUT2D eigenvalue weighted by Gasteiger charge is -2.32. The van der Waals surface area contributed by atoms with Gasteiger partial charge in [0.15, 0.2) is 0 Å². The molecule has 0 aliphatic carbocycles. The molecule has 1 heterocycles. The quantitative estimate of drug-likeness (QED) is 0.160. The SMILES string of the molecule is COc1cccc([C@H](CC(=O)O)NC(=O)CN2C(=O)N(Cc3ccccc3)[C@@](C)(c3ccc(C(=N)N)cc3)C2=O)c1. The number of benzene rings is 3. The largest absolute Gasteiger partial charge is 0.497 e. The molecule has 41 heavy (non-hydrogen) atoms. The summed E-state index contributed by atoms with van der Waals surface area (Å²) in [6.45, 7) is 1.10. The highest BCUT2D eigenvalue weighted by Gasteiger charge is 2.55. The Bertz CT molecular complexity index is 1480. The van der Waals surface area contributed by atoms with Crippen molar-refractivity contribution in [1.82, 2.24) is 15.1 Å². The first kappa shape index (κ1) is 28.8. The topological polar surface area (TPSA) is 166 Å². The van der Waals surface area contributed by atoms with Gasteiger partial charge in [0.2, 0.25) is 5.91 Å². The van der Waals surface area contributed by atoms with Crippen LogP contribution in [0.25, 0.3) is 0 Å². The Balaban J connectivity index is 1.63. The van der Waals surface area contributed by atoms with Crippen molar-refractivity contribution in [3.63, 3.8) is 0 Å². The molecule has 0 bridgehead atoms.